The third-order valence-corrected chi connectivity index (χ3v) is 9.62. The first-order valence-electron chi connectivity index (χ1n) is 16.3. The second-order valence-electron chi connectivity index (χ2n) is 12.2. The van der Waals surface area contributed by atoms with Gasteiger partial charge in [0.1, 0.15) is 0 Å². The molecule has 5 heteroatoms. The maximum absolute atomic E-state index is 10.5. The van der Waals surface area contributed by atoms with Crippen LogP contribution in [-0.4, -0.2) is 9.13 Å². The number of hydrogen-bond donors (Lipinski definition) is 0. The average molecular weight is 636 g/mol. The molecular formula is C45H25N5. The SMILES string of the molecule is [C-]#[N+]c1cc(-c2ccccc2-c2ccccc2-n2c3ccccc3c3cc(C#N)ccc32)cc(-n2c3ccccc3c3ccccc32)c1C#N. The molecule has 0 fully saturated rings. The zero-order chi connectivity index (χ0) is 33.8. The lowest BCUT2D eigenvalue weighted by molar-refractivity contribution is 1.17. The first-order valence-corrected chi connectivity index (χ1v) is 16.3. The van der Waals surface area contributed by atoms with Crippen molar-refractivity contribution < 1.29 is 0 Å². The molecule has 5 nitrogen and oxygen atoms in total. The van der Waals surface area contributed by atoms with E-state index in [2.05, 4.69) is 92.8 Å². The van der Waals surface area contributed by atoms with Crippen molar-refractivity contribution in [1.29, 1.82) is 10.5 Å². The van der Waals surface area contributed by atoms with Crippen molar-refractivity contribution in [3.8, 4) is 45.8 Å². The van der Waals surface area contributed by atoms with Crippen molar-refractivity contribution in [3.63, 3.8) is 0 Å². The molecule has 7 aromatic carbocycles. The van der Waals surface area contributed by atoms with Gasteiger partial charge >= 0.3 is 0 Å². The van der Waals surface area contributed by atoms with Crippen LogP contribution in [0.4, 0.5) is 5.69 Å². The van der Waals surface area contributed by atoms with Crippen molar-refractivity contribution in [1.82, 2.24) is 9.13 Å². The van der Waals surface area contributed by atoms with Gasteiger partial charge in [0.05, 0.1) is 63.3 Å². The quantitative estimate of drug-likeness (QED) is 0.181. The number of rotatable bonds is 4. The lowest BCUT2D eigenvalue weighted by Gasteiger charge is -2.18. The third kappa shape index (κ3) is 4.24. The van der Waals surface area contributed by atoms with Crippen molar-refractivity contribution >= 4 is 49.3 Å². The van der Waals surface area contributed by atoms with Crippen LogP contribution >= 0.6 is 0 Å². The minimum atomic E-state index is 0.306. The summed E-state index contributed by atoms with van der Waals surface area (Å²) < 4.78 is 4.39. The predicted molar refractivity (Wildman–Crippen MR) is 202 cm³/mol. The van der Waals surface area contributed by atoms with E-state index in [9.17, 15) is 10.5 Å². The number of nitriles is 2. The summed E-state index contributed by atoms with van der Waals surface area (Å²) in [5.74, 6) is 0. The lowest BCUT2D eigenvalue weighted by Crippen LogP contribution is -2.00. The topological polar surface area (TPSA) is 61.8 Å². The molecule has 9 rings (SSSR count). The Bertz CT molecular complexity index is 2920. The molecule has 0 aliphatic rings. The number of aromatic nitrogens is 2. The molecule has 230 valence electrons. The molecule has 0 aliphatic heterocycles. The summed E-state index contributed by atoms with van der Waals surface area (Å²) in [6.45, 7) is 8.17. The first-order chi connectivity index (χ1) is 24.7. The molecule has 0 saturated heterocycles. The highest BCUT2D eigenvalue weighted by Crippen LogP contribution is 2.43. The Balaban J connectivity index is 1.32. The van der Waals surface area contributed by atoms with Crippen LogP contribution in [0.15, 0.2) is 152 Å². The fourth-order valence-corrected chi connectivity index (χ4v) is 7.50. The highest BCUT2D eigenvalue weighted by atomic mass is 15.0. The van der Waals surface area contributed by atoms with Crippen LogP contribution in [0, 0.1) is 29.2 Å². The van der Waals surface area contributed by atoms with E-state index in [1.165, 1.54) is 0 Å². The fourth-order valence-electron chi connectivity index (χ4n) is 7.50. The molecule has 0 unspecified atom stereocenters. The van der Waals surface area contributed by atoms with Gasteiger partial charge in [0.2, 0.25) is 5.69 Å². The van der Waals surface area contributed by atoms with Crippen molar-refractivity contribution in [2.24, 2.45) is 0 Å². The van der Waals surface area contributed by atoms with Crippen LogP contribution in [0.1, 0.15) is 11.1 Å². The molecule has 9 aromatic rings. The predicted octanol–water partition coefficient (Wildman–Crippen LogP) is 11.5. The molecule has 2 aromatic heterocycles. The number of hydrogen-bond acceptors (Lipinski definition) is 2. The molecule has 0 N–H and O–H groups in total. The summed E-state index contributed by atoms with van der Waals surface area (Å²) in [5.41, 5.74) is 10.8. The Hall–Kier alpha value is -7.39. The van der Waals surface area contributed by atoms with Crippen LogP contribution in [0.2, 0.25) is 0 Å². The van der Waals surface area contributed by atoms with Gasteiger partial charge in [-0.25, -0.2) is 4.85 Å². The Kier molecular flexibility index (Phi) is 6.56. The summed E-state index contributed by atoms with van der Waals surface area (Å²) in [6, 6.07) is 55.7. The van der Waals surface area contributed by atoms with Crippen LogP contribution in [-0.2, 0) is 0 Å². The van der Waals surface area contributed by atoms with Crippen molar-refractivity contribution in [2.75, 3.05) is 0 Å². The van der Waals surface area contributed by atoms with E-state index in [0.717, 1.165) is 71.6 Å². The largest absolute Gasteiger partial charge is 0.309 e. The van der Waals surface area contributed by atoms with Crippen molar-refractivity contribution in [3.05, 3.63) is 174 Å². The number of nitrogens with zero attached hydrogens (tertiary/aromatic N) is 5. The van der Waals surface area contributed by atoms with Gasteiger partial charge in [-0.05, 0) is 71.3 Å². The Morgan fingerprint density at radius 2 is 0.980 bits per heavy atom. The summed E-state index contributed by atoms with van der Waals surface area (Å²) in [6.07, 6.45) is 0. The van der Waals surface area contributed by atoms with Gasteiger partial charge in [0, 0.05) is 27.1 Å². The van der Waals surface area contributed by atoms with Gasteiger partial charge in [0.15, 0.2) is 0 Å². The standard InChI is InChI=1S/C45H25N5/c1-48-39-25-30(26-45(38(39)28-47)50-41-19-9-5-15-34(41)35-16-6-10-20-42(35)50)31-12-2-3-13-32(31)33-14-4-8-18-40(33)49-43-21-11-7-17-36(43)37-24-29(27-46)22-23-44(37)49/h2-26H. The van der Waals surface area contributed by atoms with Gasteiger partial charge in [-0.1, -0.05) is 97.1 Å². The van der Waals surface area contributed by atoms with Crippen molar-refractivity contribution in [2.45, 2.75) is 0 Å². The van der Waals surface area contributed by atoms with Crippen LogP contribution in [0.5, 0.6) is 0 Å². The summed E-state index contributed by atoms with van der Waals surface area (Å²) >= 11 is 0. The van der Waals surface area contributed by atoms with Crippen LogP contribution < -0.4 is 0 Å². The monoisotopic (exact) mass is 635 g/mol. The Morgan fingerprint density at radius 3 is 1.60 bits per heavy atom. The highest BCUT2D eigenvalue weighted by Gasteiger charge is 2.21. The maximum atomic E-state index is 10.5. The second-order valence-corrected chi connectivity index (χ2v) is 12.2. The zero-order valence-corrected chi connectivity index (χ0v) is 26.7. The average Bonchev–Trinajstić information content (AvgIpc) is 3.70. The van der Waals surface area contributed by atoms with E-state index < -0.39 is 0 Å². The Labute approximate surface area is 288 Å². The third-order valence-electron chi connectivity index (χ3n) is 9.62. The molecule has 0 saturated carbocycles. The summed E-state index contributed by atoms with van der Waals surface area (Å²) in [4.78, 5) is 3.89. The van der Waals surface area contributed by atoms with Gasteiger partial charge in [0.25, 0.3) is 0 Å². The fraction of sp³-hybridized carbons (Fsp3) is 0. The molecule has 0 spiro atoms. The smallest absolute Gasteiger partial charge is 0.207 e. The molecule has 0 amide bonds. The Morgan fingerprint density at radius 1 is 0.460 bits per heavy atom. The van der Waals surface area contributed by atoms with Crippen LogP contribution in [0.3, 0.4) is 0 Å². The lowest BCUT2D eigenvalue weighted by atomic mass is 9.92. The normalized spacial score (nSPS) is 11.1. The first kappa shape index (κ1) is 28.8. The van der Waals surface area contributed by atoms with E-state index in [1.54, 1.807) is 0 Å². The van der Waals surface area contributed by atoms with E-state index >= 15 is 0 Å². The van der Waals surface area contributed by atoms with E-state index in [0.29, 0.717) is 22.5 Å². The summed E-state index contributed by atoms with van der Waals surface area (Å²) in [5, 5.41) is 24.4. The van der Waals surface area contributed by atoms with E-state index in [4.69, 9.17) is 6.57 Å². The summed E-state index contributed by atoms with van der Waals surface area (Å²) in [7, 11) is 0. The minimum absolute atomic E-state index is 0.306. The highest BCUT2D eigenvalue weighted by molar-refractivity contribution is 6.11. The zero-order valence-electron chi connectivity index (χ0n) is 26.7. The molecule has 0 aliphatic carbocycles. The van der Waals surface area contributed by atoms with Gasteiger partial charge in [-0.2, -0.15) is 10.5 Å². The molecule has 0 radical (unpaired) electrons. The molecule has 0 atom stereocenters. The van der Waals surface area contributed by atoms with Crippen LogP contribution in [0.25, 0.3) is 82.1 Å². The number of fused-ring (bicyclic) bond motifs is 6. The molecule has 2 heterocycles. The van der Waals surface area contributed by atoms with Gasteiger partial charge < -0.3 is 9.13 Å². The molecule has 0 bridgehead atoms. The maximum Gasteiger partial charge on any atom is 0.207 e. The van der Waals surface area contributed by atoms with Gasteiger partial charge in [-0.3, -0.25) is 0 Å². The molecular weight excluding hydrogens is 611 g/mol. The molecule has 50 heavy (non-hydrogen) atoms. The van der Waals surface area contributed by atoms with E-state index in [-0.39, 0.29) is 0 Å². The van der Waals surface area contributed by atoms with E-state index in [1.807, 2.05) is 84.9 Å². The second kappa shape index (κ2) is 11.4. The number of para-hydroxylation sites is 4. The minimum Gasteiger partial charge on any atom is -0.309 e. The number of benzene rings is 7. The van der Waals surface area contributed by atoms with Gasteiger partial charge in [-0.15, -0.1) is 0 Å².